The quantitative estimate of drug-likeness (QED) is 0.686. The van der Waals surface area contributed by atoms with E-state index in [-0.39, 0.29) is 0 Å². The fourth-order valence-electron chi connectivity index (χ4n) is 2.16. The lowest BCUT2D eigenvalue weighted by Crippen LogP contribution is -2.01. The van der Waals surface area contributed by atoms with Gasteiger partial charge < -0.3 is 9.30 Å². The van der Waals surface area contributed by atoms with E-state index in [0.29, 0.717) is 11.6 Å². The summed E-state index contributed by atoms with van der Waals surface area (Å²) in [5.41, 5.74) is 2.69. The maximum Gasteiger partial charge on any atom is 0.129 e. The van der Waals surface area contributed by atoms with E-state index in [4.69, 9.17) is 16.3 Å². The van der Waals surface area contributed by atoms with E-state index in [0.717, 1.165) is 22.6 Å². The second-order valence-corrected chi connectivity index (χ2v) is 5.20. The molecule has 0 aliphatic rings. The predicted octanol–water partition coefficient (Wildman–Crippen LogP) is 4.63. The lowest BCUT2D eigenvalue weighted by molar-refractivity contribution is 0.305. The Hall–Kier alpha value is -2.52. The van der Waals surface area contributed by atoms with E-state index < -0.39 is 0 Å². The highest BCUT2D eigenvalue weighted by molar-refractivity contribution is 6.31. The number of rotatable bonds is 5. The van der Waals surface area contributed by atoms with Gasteiger partial charge in [-0.25, -0.2) is 4.98 Å². The standard InChI is InChI=1S/C18H15ClN2O/c1-14(21-11-10-20-13-21)16-7-3-5-9-18(16)22-12-15-6-2-4-8-17(15)19/h2-11,13H,1,12H2. The Morgan fingerprint density at radius 1 is 1.14 bits per heavy atom. The highest BCUT2D eigenvalue weighted by atomic mass is 35.5. The van der Waals surface area contributed by atoms with Crippen LogP contribution in [0.2, 0.25) is 5.02 Å². The van der Waals surface area contributed by atoms with Crippen LogP contribution in [-0.4, -0.2) is 9.55 Å². The fourth-order valence-corrected chi connectivity index (χ4v) is 2.35. The molecule has 2 aromatic carbocycles. The summed E-state index contributed by atoms with van der Waals surface area (Å²) in [4.78, 5) is 4.05. The number of para-hydroxylation sites is 1. The SMILES string of the molecule is C=C(c1ccccc1OCc1ccccc1Cl)n1ccnc1. The van der Waals surface area contributed by atoms with Crippen LogP contribution < -0.4 is 4.74 Å². The molecule has 4 heteroatoms. The molecule has 0 unspecified atom stereocenters. The Bertz CT molecular complexity index is 781. The number of hydrogen-bond donors (Lipinski definition) is 0. The van der Waals surface area contributed by atoms with Crippen LogP contribution in [0, 0.1) is 0 Å². The number of hydrogen-bond acceptors (Lipinski definition) is 2. The second-order valence-electron chi connectivity index (χ2n) is 4.79. The Labute approximate surface area is 134 Å². The van der Waals surface area contributed by atoms with Gasteiger partial charge in [-0.05, 0) is 18.2 Å². The summed E-state index contributed by atoms with van der Waals surface area (Å²) in [7, 11) is 0. The van der Waals surface area contributed by atoms with Gasteiger partial charge in [-0.1, -0.05) is 48.5 Å². The highest BCUT2D eigenvalue weighted by Crippen LogP contribution is 2.27. The Morgan fingerprint density at radius 3 is 2.68 bits per heavy atom. The molecule has 0 fully saturated rings. The molecule has 0 saturated heterocycles. The smallest absolute Gasteiger partial charge is 0.129 e. The Kier molecular flexibility index (Phi) is 4.26. The molecule has 3 nitrogen and oxygen atoms in total. The molecule has 0 aliphatic heterocycles. The molecule has 0 N–H and O–H groups in total. The minimum atomic E-state index is 0.411. The molecule has 22 heavy (non-hydrogen) atoms. The molecule has 1 aromatic heterocycles. The topological polar surface area (TPSA) is 27.1 Å². The van der Waals surface area contributed by atoms with Crippen LogP contribution in [0.4, 0.5) is 0 Å². The van der Waals surface area contributed by atoms with E-state index in [1.54, 1.807) is 12.5 Å². The summed E-state index contributed by atoms with van der Waals surface area (Å²) >= 11 is 6.16. The van der Waals surface area contributed by atoms with E-state index in [9.17, 15) is 0 Å². The molecule has 3 aromatic rings. The van der Waals surface area contributed by atoms with Gasteiger partial charge >= 0.3 is 0 Å². The van der Waals surface area contributed by atoms with Crippen LogP contribution in [-0.2, 0) is 6.61 Å². The number of aromatic nitrogens is 2. The van der Waals surface area contributed by atoms with Crippen molar-refractivity contribution >= 4 is 17.3 Å². The van der Waals surface area contributed by atoms with Gasteiger partial charge in [0.25, 0.3) is 0 Å². The lowest BCUT2D eigenvalue weighted by atomic mass is 10.1. The average molecular weight is 311 g/mol. The summed E-state index contributed by atoms with van der Waals surface area (Å²) in [6.07, 6.45) is 5.29. The van der Waals surface area contributed by atoms with Crippen molar-refractivity contribution in [1.29, 1.82) is 0 Å². The van der Waals surface area contributed by atoms with Crippen LogP contribution in [0.3, 0.4) is 0 Å². The molecule has 0 bridgehead atoms. The van der Waals surface area contributed by atoms with E-state index in [1.807, 2.05) is 59.3 Å². The lowest BCUT2D eigenvalue weighted by Gasteiger charge is -2.14. The van der Waals surface area contributed by atoms with Crippen LogP contribution in [0.25, 0.3) is 5.70 Å². The normalized spacial score (nSPS) is 10.4. The first-order chi connectivity index (χ1) is 10.8. The van der Waals surface area contributed by atoms with Crippen LogP contribution in [0.15, 0.2) is 73.8 Å². The number of ether oxygens (including phenoxy) is 1. The fraction of sp³-hybridized carbons (Fsp3) is 0.0556. The molecule has 0 spiro atoms. The van der Waals surface area contributed by atoms with Gasteiger partial charge in [0.15, 0.2) is 0 Å². The first-order valence-electron chi connectivity index (χ1n) is 6.88. The zero-order valence-corrected chi connectivity index (χ0v) is 12.7. The second kappa shape index (κ2) is 6.50. The minimum Gasteiger partial charge on any atom is -0.488 e. The van der Waals surface area contributed by atoms with Gasteiger partial charge in [0.2, 0.25) is 0 Å². The van der Waals surface area contributed by atoms with Crippen LogP contribution >= 0.6 is 11.6 Å². The minimum absolute atomic E-state index is 0.411. The number of imidazole rings is 1. The monoisotopic (exact) mass is 310 g/mol. The number of nitrogens with zero attached hydrogens (tertiary/aromatic N) is 2. The van der Waals surface area contributed by atoms with Crippen molar-refractivity contribution in [2.24, 2.45) is 0 Å². The first-order valence-corrected chi connectivity index (χ1v) is 7.26. The van der Waals surface area contributed by atoms with Gasteiger partial charge in [0.1, 0.15) is 12.4 Å². The third kappa shape index (κ3) is 3.05. The first kappa shape index (κ1) is 14.4. The maximum atomic E-state index is 6.16. The van der Waals surface area contributed by atoms with Gasteiger partial charge in [-0.2, -0.15) is 0 Å². The Balaban J connectivity index is 1.83. The zero-order chi connectivity index (χ0) is 15.4. The van der Waals surface area contributed by atoms with Gasteiger partial charge in [-0.3, -0.25) is 0 Å². The van der Waals surface area contributed by atoms with Crippen molar-refractivity contribution in [2.75, 3.05) is 0 Å². The van der Waals surface area contributed by atoms with Crippen molar-refractivity contribution in [3.05, 3.63) is 90.0 Å². The summed E-state index contributed by atoms with van der Waals surface area (Å²) < 4.78 is 7.80. The van der Waals surface area contributed by atoms with Crippen molar-refractivity contribution < 1.29 is 4.74 Å². The molecule has 1 heterocycles. The zero-order valence-electron chi connectivity index (χ0n) is 11.9. The third-order valence-corrected chi connectivity index (χ3v) is 3.72. The summed E-state index contributed by atoms with van der Waals surface area (Å²) in [5.74, 6) is 0.765. The Morgan fingerprint density at radius 2 is 1.91 bits per heavy atom. The summed E-state index contributed by atoms with van der Waals surface area (Å²) in [6, 6.07) is 15.5. The van der Waals surface area contributed by atoms with Gasteiger partial charge in [0, 0.05) is 28.5 Å². The molecular weight excluding hydrogens is 296 g/mol. The third-order valence-electron chi connectivity index (χ3n) is 3.36. The number of benzene rings is 2. The number of halogens is 1. The molecule has 0 amide bonds. The molecule has 0 saturated carbocycles. The molecule has 110 valence electrons. The van der Waals surface area contributed by atoms with E-state index in [2.05, 4.69) is 11.6 Å². The van der Waals surface area contributed by atoms with Crippen LogP contribution in [0.1, 0.15) is 11.1 Å². The summed E-state index contributed by atoms with van der Waals surface area (Å²) in [6.45, 7) is 4.53. The highest BCUT2D eigenvalue weighted by Gasteiger charge is 2.09. The average Bonchev–Trinajstić information content (AvgIpc) is 3.08. The summed E-state index contributed by atoms with van der Waals surface area (Å²) in [5, 5.41) is 0.702. The molecule has 0 radical (unpaired) electrons. The maximum absolute atomic E-state index is 6.16. The van der Waals surface area contributed by atoms with Gasteiger partial charge in [-0.15, -0.1) is 0 Å². The van der Waals surface area contributed by atoms with Crippen LogP contribution in [0.5, 0.6) is 5.75 Å². The van der Waals surface area contributed by atoms with Crippen molar-refractivity contribution in [3.63, 3.8) is 0 Å². The molecule has 3 rings (SSSR count). The van der Waals surface area contributed by atoms with E-state index in [1.165, 1.54) is 0 Å². The largest absolute Gasteiger partial charge is 0.488 e. The molecular formula is C18H15ClN2O. The van der Waals surface area contributed by atoms with Crippen molar-refractivity contribution in [1.82, 2.24) is 9.55 Å². The predicted molar refractivity (Wildman–Crippen MR) is 88.9 cm³/mol. The van der Waals surface area contributed by atoms with E-state index >= 15 is 0 Å². The molecule has 0 atom stereocenters. The van der Waals surface area contributed by atoms with Gasteiger partial charge in [0.05, 0.1) is 12.0 Å². The van der Waals surface area contributed by atoms with Crippen molar-refractivity contribution in [2.45, 2.75) is 6.61 Å². The molecule has 0 aliphatic carbocycles. The van der Waals surface area contributed by atoms with Crippen molar-refractivity contribution in [3.8, 4) is 5.75 Å².